The highest BCUT2D eigenvalue weighted by molar-refractivity contribution is 7.80. The highest BCUT2D eigenvalue weighted by Gasteiger charge is 2.23. The van der Waals surface area contributed by atoms with Crippen molar-refractivity contribution in [1.82, 2.24) is 10.6 Å². The number of amides is 2. The fourth-order valence-corrected chi connectivity index (χ4v) is 2.91. The van der Waals surface area contributed by atoms with Crippen LogP contribution in [0.3, 0.4) is 0 Å². The maximum absolute atomic E-state index is 10.8. The van der Waals surface area contributed by atoms with Gasteiger partial charge < -0.3 is 24.4 Å². The van der Waals surface area contributed by atoms with Crippen molar-refractivity contribution in [3.05, 3.63) is 0 Å². The van der Waals surface area contributed by atoms with Gasteiger partial charge in [0.05, 0.1) is 19.7 Å². The van der Waals surface area contributed by atoms with Crippen LogP contribution in [-0.4, -0.2) is 94.1 Å². The van der Waals surface area contributed by atoms with Gasteiger partial charge in [-0.25, -0.2) is 4.99 Å². The molecule has 0 bridgehead atoms. The quantitative estimate of drug-likeness (QED) is 0.155. The van der Waals surface area contributed by atoms with Crippen LogP contribution in [0.1, 0.15) is 34.6 Å². The van der Waals surface area contributed by atoms with Crippen molar-refractivity contribution in [2.75, 3.05) is 51.0 Å². The van der Waals surface area contributed by atoms with E-state index >= 15 is 0 Å². The molecule has 0 saturated carbocycles. The predicted molar refractivity (Wildman–Crippen MR) is 135 cm³/mol. The van der Waals surface area contributed by atoms with Crippen molar-refractivity contribution in [2.45, 2.75) is 46.7 Å². The van der Waals surface area contributed by atoms with E-state index in [9.17, 15) is 22.5 Å². The first-order chi connectivity index (χ1) is 15.6. The number of aliphatic imine (C=N–C) groups is 2. The molecule has 15 heteroatoms. The molecular weight excluding hydrogens is 499 g/mol. The van der Waals surface area contributed by atoms with Gasteiger partial charge in [0.25, 0.3) is 0 Å². The number of halogens is 4. The van der Waals surface area contributed by atoms with E-state index in [-0.39, 0.29) is 29.1 Å². The molecule has 34 heavy (non-hydrogen) atoms. The van der Waals surface area contributed by atoms with Gasteiger partial charge in [0, 0.05) is 38.0 Å². The zero-order valence-corrected chi connectivity index (χ0v) is 22.1. The van der Waals surface area contributed by atoms with Crippen LogP contribution in [0.4, 0.5) is 12.9 Å². The number of carbonyl (C=O) groups excluding carboxylic acids is 2. The molecule has 1 saturated heterocycles. The predicted octanol–water partition coefficient (Wildman–Crippen LogP) is -0.793. The lowest BCUT2D eigenvalue weighted by molar-refractivity contribution is -0.133. The van der Waals surface area contributed by atoms with Gasteiger partial charge in [-0.05, 0) is 13.8 Å². The lowest BCUT2D eigenvalue weighted by Gasteiger charge is -2.20. The van der Waals surface area contributed by atoms with Crippen molar-refractivity contribution in [2.24, 2.45) is 9.98 Å². The van der Waals surface area contributed by atoms with E-state index in [4.69, 9.17) is 4.74 Å². The molecular formula is C19H37BF4N4O4S2. The highest BCUT2D eigenvalue weighted by Crippen LogP contribution is 2.06. The molecule has 2 heterocycles. The lowest BCUT2D eigenvalue weighted by Crippen LogP contribution is -3.00. The largest absolute Gasteiger partial charge is 1.00 e. The molecule has 1 fully saturated rings. The Hall–Kier alpha value is -1.48. The number of nitrogens with zero attached hydrogens (tertiary/aromatic N) is 2. The Morgan fingerprint density at radius 3 is 1.97 bits per heavy atom. The summed E-state index contributed by atoms with van der Waals surface area (Å²) in [6.07, 6.45) is 0. The normalized spacial score (nSPS) is 18.6. The molecule has 2 atom stereocenters. The molecule has 0 radical (unpaired) electrons. The minimum absolute atomic E-state index is 0. The van der Waals surface area contributed by atoms with Crippen molar-refractivity contribution >= 4 is 56.2 Å². The van der Waals surface area contributed by atoms with Crippen LogP contribution in [0.15, 0.2) is 9.98 Å². The van der Waals surface area contributed by atoms with Crippen molar-refractivity contribution < 1.29 is 36.3 Å². The topological polar surface area (TPSA) is 94.8 Å². The number of ether oxygens (including phenoxy) is 1. The van der Waals surface area contributed by atoms with E-state index in [1.165, 1.54) is 0 Å². The summed E-state index contributed by atoms with van der Waals surface area (Å²) in [5.74, 6) is 1.43. The first kappa shape index (κ1) is 37.1. The summed E-state index contributed by atoms with van der Waals surface area (Å²) in [7, 11) is -3.67. The van der Waals surface area contributed by atoms with E-state index in [1.54, 1.807) is 0 Å². The molecule has 2 aliphatic heterocycles. The molecule has 2 amide bonds. The molecule has 0 aromatic rings. The van der Waals surface area contributed by atoms with E-state index in [0.717, 1.165) is 31.4 Å². The molecule has 200 valence electrons. The van der Waals surface area contributed by atoms with Crippen molar-refractivity contribution in [3.8, 4) is 0 Å². The second-order valence-electron chi connectivity index (χ2n) is 6.40. The molecule has 0 aromatic carbocycles. The maximum atomic E-state index is 10.8. The third-order valence-electron chi connectivity index (χ3n) is 4.07. The number of rotatable bonds is 6. The number of piperazine rings is 1. The van der Waals surface area contributed by atoms with Crippen molar-refractivity contribution in [1.29, 1.82) is 0 Å². The van der Waals surface area contributed by atoms with Gasteiger partial charge in [-0.3, -0.25) is 27.5 Å². The minimum atomic E-state index is -3.67. The van der Waals surface area contributed by atoms with Gasteiger partial charge in [-0.2, -0.15) is 25.3 Å². The third-order valence-corrected chi connectivity index (χ3v) is 4.78. The molecule has 0 aromatic heterocycles. The van der Waals surface area contributed by atoms with Crippen molar-refractivity contribution in [3.63, 3.8) is 0 Å². The van der Waals surface area contributed by atoms with Gasteiger partial charge in [-0.15, -0.1) is 0 Å². The first-order valence-corrected chi connectivity index (χ1v) is 11.9. The van der Waals surface area contributed by atoms with Gasteiger partial charge >= 0.3 is 7.54 Å². The Morgan fingerprint density at radius 1 is 1.09 bits per heavy atom. The zero-order valence-electron chi connectivity index (χ0n) is 20.3. The molecule has 0 aliphatic carbocycles. The van der Waals surface area contributed by atoms with Crippen LogP contribution in [-0.2, 0) is 18.7 Å². The van der Waals surface area contributed by atoms with Crippen LogP contribution in [0, 0.1) is 0 Å². The summed E-state index contributed by atoms with van der Waals surface area (Å²) >= 11 is 8.08. The number of thiol groups is 2. The second-order valence-corrected chi connectivity index (χ2v) is 7.13. The number of carbonyl (C=O) groups is 2. The van der Waals surface area contributed by atoms with Crippen LogP contribution in [0.5, 0.6) is 0 Å². The van der Waals surface area contributed by atoms with E-state index in [0.29, 0.717) is 24.7 Å². The minimum Gasteiger partial charge on any atom is -1.00 e. The monoisotopic (exact) mass is 536 g/mol. The Bertz CT molecular complexity index is 611. The second kappa shape index (κ2) is 23.3. The van der Waals surface area contributed by atoms with Gasteiger partial charge in [0.2, 0.25) is 17.7 Å². The Labute approximate surface area is 211 Å². The summed E-state index contributed by atoms with van der Waals surface area (Å²) in [6.45, 7) is 15.1. The SMILES string of the molecule is CCOC1=NCC(C)=N[C@H]1CS.CC[O+](CC)CC.FB(F)F.O=C1CNC(=O)[C@H](CS)N1.[F-]. The van der Waals surface area contributed by atoms with E-state index < -0.39 is 13.6 Å². The summed E-state index contributed by atoms with van der Waals surface area (Å²) < 4.78 is 37.4. The molecule has 0 spiro atoms. The molecule has 2 N–H and O–H groups in total. The van der Waals surface area contributed by atoms with Crippen LogP contribution < -0.4 is 15.3 Å². The van der Waals surface area contributed by atoms with Gasteiger partial charge in [0.15, 0.2) is 0 Å². The average Bonchev–Trinajstić information content (AvgIpc) is 2.78. The Kier molecular flexibility index (Phi) is 25.4. The van der Waals surface area contributed by atoms with E-state index in [1.807, 2.05) is 13.8 Å². The average molecular weight is 536 g/mol. The zero-order chi connectivity index (χ0) is 25.8. The molecule has 2 aliphatic rings. The maximum Gasteiger partial charge on any atom is 0.762 e. The number of hydrogen-bond donors (Lipinski definition) is 4. The molecule has 0 unspecified atom stereocenters. The van der Waals surface area contributed by atoms with Crippen LogP contribution in [0.25, 0.3) is 0 Å². The lowest BCUT2D eigenvalue weighted by atomic mass is 10.2. The molecule has 2 rings (SSSR count). The van der Waals surface area contributed by atoms with E-state index in [2.05, 4.69) is 71.0 Å². The summed E-state index contributed by atoms with van der Waals surface area (Å²) in [5.41, 5.74) is 1.05. The fraction of sp³-hybridized carbons (Fsp3) is 0.789. The third kappa shape index (κ3) is 18.9. The fourth-order valence-electron chi connectivity index (χ4n) is 2.41. The highest BCUT2D eigenvalue weighted by atomic mass is 32.1. The summed E-state index contributed by atoms with van der Waals surface area (Å²) in [5, 5.41) is 4.92. The smallest absolute Gasteiger partial charge is 0.762 e. The number of nitrogens with one attached hydrogen (secondary N) is 2. The standard InChI is InChI=1S/C8H14N2OS.C6H15O.C5H8N2O2S.BF3.FH/c1-3-11-8-7(5-12)10-6(2)4-9-8;1-4-7(5-2)6-3;8-4-1-6-5(9)3(2-10)7-4;2-1(3)4;/h7,12H,3-5H2,1-2H3;4-6H2,1-3H3;3,10H,1-2H2,(H,6,9)(H,7,8);;1H/q;+1;;;/p-1/t7-;;3-;;/m0.0../s1. The van der Waals surface area contributed by atoms with Crippen LogP contribution in [0.2, 0.25) is 0 Å². The Balaban J connectivity index is -0.000000398. The molecule has 8 nitrogen and oxygen atoms in total. The number of hydrogen-bond acceptors (Lipinski definition) is 7. The van der Waals surface area contributed by atoms with Gasteiger partial charge in [-0.1, -0.05) is 0 Å². The van der Waals surface area contributed by atoms with Crippen LogP contribution >= 0.6 is 25.3 Å². The first-order valence-electron chi connectivity index (χ1n) is 10.6. The summed E-state index contributed by atoms with van der Waals surface area (Å²) in [6, 6.07) is -0.424. The van der Waals surface area contributed by atoms with Gasteiger partial charge in [0.1, 0.15) is 31.9 Å². The summed E-state index contributed by atoms with van der Waals surface area (Å²) in [4.78, 5) is 30.1. The Morgan fingerprint density at radius 2 is 1.62 bits per heavy atom.